The molecule has 3 fully saturated rings. The highest BCUT2D eigenvalue weighted by molar-refractivity contribution is 6.30. The molecule has 0 spiro atoms. The SMILES string of the molecule is CCC1(O)CC(OC2CC(N(C)C)C(OC3CC(O)C(OC4CCC(O)C(C)O4)C(C)O3)C(C)O2)c2c(cc3c(c2O)C(=O)c2c(O)cccc2C3=O)C1C(=O)OC. The summed E-state index contributed by atoms with van der Waals surface area (Å²) in [4.78, 5) is 43.1. The fraction of sp³-hybridized carbons (Fsp3) is 0.643. The Bertz CT molecular complexity index is 1890. The van der Waals surface area contributed by atoms with Crippen LogP contribution < -0.4 is 0 Å². The molecule has 2 aromatic carbocycles. The first-order valence-electron chi connectivity index (χ1n) is 20.0. The van der Waals surface area contributed by atoms with E-state index >= 15 is 0 Å². The summed E-state index contributed by atoms with van der Waals surface area (Å²) in [5, 5.41) is 55.9. The number of aliphatic hydroxyl groups is 3. The Balaban J connectivity index is 1.13. The van der Waals surface area contributed by atoms with Gasteiger partial charge in [0.25, 0.3) is 0 Å². The average Bonchev–Trinajstić information content (AvgIpc) is 3.17. The molecular weight excluding hydrogens is 758 g/mol. The van der Waals surface area contributed by atoms with Gasteiger partial charge in [0.2, 0.25) is 5.78 Å². The summed E-state index contributed by atoms with van der Waals surface area (Å²) in [6.45, 7) is 7.08. The third kappa shape index (κ3) is 7.57. The highest BCUT2D eigenvalue weighted by atomic mass is 16.7. The Hall–Kier alpha value is -3.55. The van der Waals surface area contributed by atoms with Gasteiger partial charge in [-0.3, -0.25) is 14.4 Å². The van der Waals surface area contributed by atoms with Crippen LogP contribution in [0.5, 0.6) is 11.5 Å². The zero-order chi connectivity index (χ0) is 42.0. The number of aromatic hydroxyl groups is 2. The van der Waals surface area contributed by atoms with E-state index < -0.39 is 108 Å². The number of hydrogen-bond donors (Lipinski definition) is 5. The lowest BCUT2D eigenvalue weighted by molar-refractivity contribution is -0.328. The number of carbonyl (C=O) groups is 3. The number of likely N-dealkylation sites (N-methyl/N-ethyl adjacent to an activating group) is 1. The highest BCUT2D eigenvalue weighted by Crippen LogP contribution is 2.54. The van der Waals surface area contributed by atoms with Gasteiger partial charge in [0.15, 0.2) is 24.7 Å². The molecule has 0 radical (unpaired) electrons. The zero-order valence-corrected chi connectivity index (χ0v) is 33.8. The predicted octanol–water partition coefficient (Wildman–Crippen LogP) is 2.95. The molecule has 5 aliphatic rings. The normalized spacial score (nSPS) is 37.5. The summed E-state index contributed by atoms with van der Waals surface area (Å²) in [5.74, 6) is -4.58. The van der Waals surface area contributed by atoms with Gasteiger partial charge >= 0.3 is 5.97 Å². The lowest BCUT2D eigenvalue weighted by atomic mass is 9.67. The summed E-state index contributed by atoms with van der Waals surface area (Å²) >= 11 is 0. The van der Waals surface area contributed by atoms with Crippen molar-refractivity contribution < 1.29 is 73.1 Å². The number of benzene rings is 2. The number of phenolic OH excluding ortho intramolecular Hbond substituents is 2. The van der Waals surface area contributed by atoms with Crippen molar-refractivity contribution >= 4 is 17.5 Å². The van der Waals surface area contributed by atoms with Crippen LogP contribution in [0.25, 0.3) is 0 Å². The molecule has 0 saturated carbocycles. The van der Waals surface area contributed by atoms with Gasteiger partial charge in [0, 0.05) is 48.4 Å². The third-order valence-corrected chi connectivity index (χ3v) is 12.6. The average molecular weight is 814 g/mol. The standard InChI is InChI=1S/C42H55NO15/c1-8-42(51)17-28(33-22(35(42)41(50)52-7)14-23-34(38(33)49)37(48)32-21(36(23)47)10-9-11-26(32)45)56-30-15-24(43(5)6)39(19(3)54-30)58-31-16-27(46)40(20(4)55-31)57-29-13-12-25(44)18(2)53-29/h9-11,14,18-20,24-25,27-31,35,39-40,44-46,49,51H,8,12-13,15-17H2,1-7H3. The second-order valence-electron chi connectivity index (χ2n) is 16.5. The van der Waals surface area contributed by atoms with Gasteiger partial charge in [-0.1, -0.05) is 19.1 Å². The summed E-state index contributed by atoms with van der Waals surface area (Å²) in [6.07, 6.45) is -6.52. The lowest BCUT2D eigenvalue weighted by Gasteiger charge is -2.48. The molecule has 7 rings (SSSR count). The zero-order valence-electron chi connectivity index (χ0n) is 33.8. The van der Waals surface area contributed by atoms with Crippen molar-refractivity contribution in [3.8, 4) is 11.5 Å². The van der Waals surface area contributed by atoms with E-state index in [-0.39, 0.29) is 65.1 Å². The number of methoxy groups -OCH3 is 1. The Morgan fingerprint density at radius 3 is 2.14 bits per heavy atom. The number of ether oxygens (including phenoxy) is 7. The molecule has 16 nitrogen and oxygen atoms in total. The van der Waals surface area contributed by atoms with Gasteiger partial charge in [-0.05, 0) is 65.4 Å². The van der Waals surface area contributed by atoms with Crippen LogP contribution in [0.4, 0.5) is 0 Å². The molecule has 318 valence electrons. The molecule has 0 bridgehead atoms. The quantitative estimate of drug-likeness (QED) is 0.196. The largest absolute Gasteiger partial charge is 0.507 e. The number of carbonyl (C=O) groups excluding carboxylic acids is 3. The van der Waals surface area contributed by atoms with Gasteiger partial charge in [0.05, 0.1) is 60.5 Å². The number of esters is 1. The van der Waals surface area contributed by atoms with E-state index in [1.165, 1.54) is 31.4 Å². The van der Waals surface area contributed by atoms with Gasteiger partial charge < -0.3 is 63.6 Å². The number of rotatable bonds is 9. The van der Waals surface area contributed by atoms with E-state index in [1.807, 2.05) is 25.9 Å². The van der Waals surface area contributed by atoms with Crippen molar-refractivity contribution in [2.24, 2.45) is 0 Å². The molecule has 58 heavy (non-hydrogen) atoms. The van der Waals surface area contributed by atoms with Gasteiger partial charge in [-0.25, -0.2) is 0 Å². The topological polar surface area (TPSA) is 220 Å². The van der Waals surface area contributed by atoms with Crippen molar-refractivity contribution in [2.45, 2.75) is 151 Å². The Labute approximate surface area is 336 Å². The first-order valence-corrected chi connectivity index (χ1v) is 20.0. The maximum atomic E-state index is 13.9. The van der Waals surface area contributed by atoms with Crippen LogP contribution in [0, 0.1) is 0 Å². The molecule has 14 unspecified atom stereocenters. The van der Waals surface area contributed by atoms with Crippen LogP contribution in [0.1, 0.15) is 121 Å². The molecule has 3 heterocycles. The number of hydrogen-bond acceptors (Lipinski definition) is 16. The summed E-state index contributed by atoms with van der Waals surface area (Å²) < 4.78 is 42.8. The second-order valence-corrected chi connectivity index (χ2v) is 16.5. The van der Waals surface area contributed by atoms with Crippen molar-refractivity contribution in [3.05, 3.63) is 57.6 Å². The van der Waals surface area contributed by atoms with Crippen molar-refractivity contribution in [3.63, 3.8) is 0 Å². The molecule has 2 aliphatic carbocycles. The van der Waals surface area contributed by atoms with E-state index in [9.17, 15) is 39.9 Å². The minimum absolute atomic E-state index is 0.0305. The van der Waals surface area contributed by atoms with E-state index in [4.69, 9.17) is 33.2 Å². The molecule has 5 N–H and O–H groups in total. The number of nitrogens with zero attached hydrogens (tertiary/aromatic N) is 1. The number of ketones is 2. The summed E-state index contributed by atoms with van der Waals surface area (Å²) in [5.41, 5.74) is -2.47. The smallest absolute Gasteiger partial charge is 0.316 e. The predicted molar refractivity (Wildman–Crippen MR) is 202 cm³/mol. The lowest BCUT2D eigenvalue weighted by Crippen LogP contribution is -2.58. The van der Waals surface area contributed by atoms with E-state index in [1.54, 1.807) is 20.8 Å². The maximum Gasteiger partial charge on any atom is 0.316 e. The summed E-state index contributed by atoms with van der Waals surface area (Å²) in [7, 11) is 4.93. The van der Waals surface area contributed by atoms with Crippen LogP contribution in [0.2, 0.25) is 0 Å². The second kappa shape index (κ2) is 16.5. The Morgan fingerprint density at radius 2 is 1.50 bits per heavy atom. The van der Waals surface area contributed by atoms with Crippen LogP contribution in [0.3, 0.4) is 0 Å². The Kier molecular flexibility index (Phi) is 12.1. The highest BCUT2D eigenvalue weighted by Gasteiger charge is 2.53. The first kappa shape index (κ1) is 42.6. The molecule has 3 saturated heterocycles. The van der Waals surface area contributed by atoms with Crippen LogP contribution >= 0.6 is 0 Å². The Morgan fingerprint density at radius 1 is 0.845 bits per heavy atom. The monoisotopic (exact) mass is 813 g/mol. The van der Waals surface area contributed by atoms with Gasteiger partial charge in [-0.2, -0.15) is 0 Å². The van der Waals surface area contributed by atoms with E-state index in [0.29, 0.717) is 12.8 Å². The maximum absolute atomic E-state index is 13.9. The first-order chi connectivity index (χ1) is 27.5. The molecule has 0 aromatic heterocycles. The van der Waals surface area contributed by atoms with Crippen LogP contribution in [-0.4, -0.2) is 142 Å². The van der Waals surface area contributed by atoms with Crippen molar-refractivity contribution in [1.29, 1.82) is 0 Å². The molecule has 0 amide bonds. The van der Waals surface area contributed by atoms with E-state index in [0.717, 1.165) is 0 Å². The van der Waals surface area contributed by atoms with Crippen molar-refractivity contribution in [1.82, 2.24) is 4.90 Å². The molecule has 14 atom stereocenters. The minimum atomic E-state index is -1.75. The number of fused-ring (bicyclic) bond motifs is 3. The van der Waals surface area contributed by atoms with E-state index in [2.05, 4.69) is 0 Å². The molecule has 3 aliphatic heterocycles. The van der Waals surface area contributed by atoms with Gasteiger partial charge in [-0.15, -0.1) is 0 Å². The van der Waals surface area contributed by atoms with Crippen LogP contribution in [-0.2, 0) is 38.0 Å². The minimum Gasteiger partial charge on any atom is -0.507 e. The van der Waals surface area contributed by atoms with Crippen molar-refractivity contribution in [2.75, 3.05) is 21.2 Å². The number of phenols is 2. The third-order valence-electron chi connectivity index (χ3n) is 12.6. The fourth-order valence-corrected chi connectivity index (χ4v) is 9.38. The molecule has 16 heteroatoms. The van der Waals surface area contributed by atoms with Crippen LogP contribution in [0.15, 0.2) is 24.3 Å². The molecule has 2 aromatic rings. The fourth-order valence-electron chi connectivity index (χ4n) is 9.38. The van der Waals surface area contributed by atoms with Gasteiger partial charge in [0.1, 0.15) is 29.6 Å². The summed E-state index contributed by atoms with van der Waals surface area (Å²) in [6, 6.07) is 5.12. The number of aliphatic hydroxyl groups excluding tert-OH is 2. The molecular formula is C42H55NO15.